The zero-order chi connectivity index (χ0) is 15.8. The fourth-order valence-corrected chi connectivity index (χ4v) is 2.36. The van der Waals surface area contributed by atoms with E-state index in [9.17, 15) is 4.79 Å². The summed E-state index contributed by atoms with van der Waals surface area (Å²) in [5, 5.41) is 19.8. The highest BCUT2D eigenvalue weighted by Crippen LogP contribution is 2.21. The van der Waals surface area contributed by atoms with Crippen molar-refractivity contribution in [1.29, 1.82) is 0 Å². The van der Waals surface area contributed by atoms with Crippen LogP contribution in [-0.2, 0) is 11.3 Å². The van der Waals surface area contributed by atoms with Crippen molar-refractivity contribution in [3.8, 4) is 11.5 Å². The maximum Gasteiger partial charge on any atom is 0.303 e. The molecule has 1 aromatic carbocycles. The zero-order valence-electron chi connectivity index (χ0n) is 12.1. The molecule has 0 fully saturated rings. The SMILES string of the molecule is O=C(O)CCCCCNCc1nnc(-c2cccc(Br)c2)o1. The predicted molar refractivity (Wildman–Crippen MR) is 85.2 cm³/mol. The Kier molecular flexibility index (Phi) is 6.54. The van der Waals surface area contributed by atoms with Crippen LogP contribution < -0.4 is 5.32 Å². The Morgan fingerprint density at radius 2 is 2.14 bits per heavy atom. The molecule has 0 atom stereocenters. The number of hydrogen-bond donors (Lipinski definition) is 2. The van der Waals surface area contributed by atoms with Crippen LogP contribution in [0.1, 0.15) is 31.6 Å². The average Bonchev–Trinajstić information content (AvgIpc) is 2.95. The van der Waals surface area contributed by atoms with E-state index >= 15 is 0 Å². The monoisotopic (exact) mass is 367 g/mol. The molecule has 0 unspecified atom stereocenters. The molecule has 22 heavy (non-hydrogen) atoms. The summed E-state index contributed by atoms with van der Waals surface area (Å²) >= 11 is 3.41. The number of unbranched alkanes of at least 4 members (excludes halogenated alkanes) is 2. The van der Waals surface area contributed by atoms with E-state index in [2.05, 4.69) is 31.4 Å². The molecule has 0 bridgehead atoms. The summed E-state index contributed by atoms with van der Waals surface area (Å²) in [6.45, 7) is 1.31. The summed E-state index contributed by atoms with van der Waals surface area (Å²) in [4.78, 5) is 10.4. The molecule has 1 heterocycles. The molecule has 0 saturated carbocycles. The molecule has 0 aliphatic heterocycles. The quantitative estimate of drug-likeness (QED) is 0.661. The van der Waals surface area contributed by atoms with E-state index in [1.54, 1.807) is 0 Å². The Morgan fingerprint density at radius 3 is 2.91 bits per heavy atom. The van der Waals surface area contributed by atoms with E-state index in [0.29, 0.717) is 24.7 Å². The third-order valence-electron chi connectivity index (χ3n) is 3.06. The minimum atomic E-state index is -0.737. The molecule has 1 aromatic heterocycles. The van der Waals surface area contributed by atoms with Gasteiger partial charge in [-0.2, -0.15) is 0 Å². The Balaban J connectivity index is 1.70. The fraction of sp³-hybridized carbons (Fsp3) is 0.400. The molecule has 0 spiro atoms. The van der Waals surface area contributed by atoms with Gasteiger partial charge in [0.15, 0.2) is 0 Å². The number of halogens is 1. The van der Waals surface area contributed by atoms with E-state index in [1.807, 2.05) is 24.3 Å². The fourth-order valence-electron chi connectivity index (χ4n) is 1.96. The summed E-state index contributed by atoms with van der Waals surface area (Å²) < 4.78 is 6.56. The number of aromatic nitrogens is 2. The van der Waals surface area contributed by atoms with Gasteiger partial charge in [-0.15, -0.1) is 10.2 Å². The summed E-state index contributed by atoms with van der Waals surface area (Å²) in [6, 6.07) is 7.69. The molecule has 0 aliphatic carbocycles. The zero-order valence-corrected chi connectivity index (χ0v) is 13.7. The van der Waals surface area contributed by atoms with Crippen LogP contribution in [0.15, 0.2) is 33.2 Å². The van der Waals surface area contributed by atoms with E-state index in [-0.39, 0.29) is 6.42 Å². The van der Waals surface area contributed by atoms with Crippen LogP contribution in [0.5, 0.6) is 0 Å². The highest BCUT2D eigenvalue weighted by molar-refractivity contribution is 9.10. The smallest absolute Gasteiger partial charge is 0.303 e. The lowest BCUT2D eigenvalue weighted by Crippen LogP contribution is -2.15. The molecule has 6 nitrogen and oxygen atoms in total. The first-order chi connectivity index (χ1) is 10.6. The maximum atomic E-state index is 10.4. The number of hydrogen-bond acceptors (Lipinski definition) is 5. The molecule has 7 heteroatoms. The minimum absolute atomic E-state index is 0.236. The number of nitrogens with one attached hydrogen (secondary N) is 1. The van der Waals surface area contributed by atoms with Crippen molar-refractivity contribution >= 4 is 21.9 Å². The molecular formula is C15H18BrN3O3. The van der Waals surface area contributed by atoms with Crippen molar-refractivity contribution in [3.63, 3.8) is 0 Å². The van der Waals surface area contributed by atoms with E-state index in [4.69, 9.17) is 9.52 Å². The van der Waals surface area contributed by atoms with Crippen LogP contribution in [0.4, 0.5) is 0 Å². The second-order valence-electron chi connectivity index (χ2n) is 4.89. The third kappa shape index (κ3) is 5.57. The first-order valence-electron chi connectivity index (χ1n) is 7.16. The first-order valence-corrected chi connectivity index (χ1v) is 7.95. The molecule has 2 aromatic rings. The lowest BCUT2D eigenvalue weighted by Gasteiger charge is -2.01. The van der Waals surface area contributed by atoms with E-state index < -0.39 is 5.97 Å². The predicted octanol–water partition coefficient (Wildman–Crippen LogP) is 3.23. The topological polar surface area (TPSA) is 88.2 Å². The number of carboxylic acid groups (broad SMARTS) is 1. The maximum absolute atomic E-state index is 10.4. The number of benzene rings is 1. The van der Waals surface area contributed by atoms with Crippen molar-refractivity contribution in [2.24, 2.45) is 0 Å². The first kappa shape index (κ1) is 16.6. The van der Waals surface area contributed by atoms with Crippen LogP contribution in [0.2, 0.25) is 0 Å². The van der Waals surface area contributed by atoms with Gasteiger partial charge in [0.05, 0.1) is 6.54 Å². The number of aliphatic carboxylic acids is 1. The highest BCUT2D eigenvalue weighted by Gasteiger charge is 2.08. The Labute approximate surface area is 137 Å². The molecule has 0 amide bonds. The van der Waals surface area contributed by atoms with Gasteiger partial charge in [0.2, 0.25) is 11.8 Å². The normalized spacial score (nSPS) is 10.8. The molecule has 0 saturated heterocycles. The minimum Gasteiger partial charge on any atom is -0.481 e. The largest absolute Gasteiger partial charge is 0.481 e. The lowest BCUT2D eigenvalue weighted by atomic mass is 10.2. The molecule has 2 rings (SSSR count). The molecular weight excluding hydrogens is 350 g/mol. The van der Waals surface area contributed by atoms with Gasteiger partial charge in [0.1, 0.15) is 0 Å². The van der Waals surface area contributed by atoms with Crippen molar-refractivity contribution in [2.45, 2.75) is 32.2 Å². The Bertz CT molecular complexity index is 616. The van der Waals surface area contributed by atoms with Gasteiger partial charge in [0, 0.05) is 16.5 Å². The van der Waals surface area contributed by atoms with Crippen molar-refractivity contribution in [3.05, 3.63) is 34.6 Å². The summed E-state index contributed by atoms with van der Waals surface area (Å²) in [6.07, 6.45) is 2.77. The van der Waals surface area contributed by atoms with Crippen molar-refractivity contribution < 1.29 is 14.3 Å². The Morgan fingerprint density at radius 1 is 1.27 bits per heavy atom. The molecule has 0 aliphatic rings. The van der Waals surface area contributed by atoms with Gasteiger partial charge in [-0.25, -0.2) is 0 Å². The van der Waals surface area contributed by atoms with Crippen molar-refractivity contribution in [2.75, 3.05) is 6.54 Å². The second-order valence-corrected chi connectivity index (χ2v) is 5.81. The van der Waals surface area contributed by atoms with Gasteiger partial charge in [-0.1, -0.05) is 28.4 Å². The number of rotatable bonds is 9. The molecule has 2 N–H and O–H groups in total. The summed E-state index contributed by atoms with van der Waals surface area (Å²) in [7, 11) is 0. The van der Waals surface area contributed by atoms with E-state index in [1.165, 1.54) is 0 Å². The number of nitrogens with zero attached hydrogens (tertiary/aromatic N) is 2. The van der Waals surface area contributed by atoms with Crippen molar-refractivity contribution in [1.82, 2.24) is 15.5 Å². The number of carboxylic acids is 1. The molecule has 0 radical (unpaired) electrons. The summed E-state index contributed by atoms with van der Waals surface area (Å²) in [5.74, 6) is 0.305. The van der Waals surface area contributed by atoms with Crippen LogP contribution in [0.25, 0.3) is 11.5 Å². The van der Waals surface area contributed by atoms with E-state index in [0.717, 1.165) is 29.4 Å². The van der Waals surface area contributed by atoms with Gasteiger partial charge >= 0.3 is 5.97 Å². The average molecular weight is 368 g/mol. The van der Waals surface area contributed by atoms with Gasteiger partial charge < -0.3 is 14.8 Å². The second kappa shape index (κ2) is 8.65. The van der Waals surface area contributed by atoms with Crippen LogP contribution >= 0.6 is 15.9 Å². The third-order valence-corrected chi connectivity index (χ3v) is 3.55. The van der Waals surface area contributed by atoms with Crippen LogP contribution in [-0.4, -0.2) is 27.8 Å². The summed E-state index contributed by atoms with van der Waals surface area (Å²) in [5.41, 5.74) is 0.877. The van der Waals surface area contributed by atoms with Gasteiger partial charge in [0.25, 0.3) is 0 Å². The van der Waals surface area contributed by atoms with Gasteiger partial charge in [-0.05, 0) is 37.6 Å². The lowest BCUT2D eigenvalue weighted by molar-refractivity contribution is -0.137. The number of carbonyl (C=O) groups is 1. The van der Waals surface area contributed by atoms with Gasteiger partial charge in [-0.3, -0.25) is 4.79 Å². The Hall–Kier alpha value is -1.73. The highest BCUT2D eigenvalue weighted by atomic mass is 79.9. The van der Waals surface area contributed by atoms with Crippen LogP contribution in [0, 0.1) is 0 Å². The van der Waals surface area contributed by atoms with Crippen LogP contribution in [0.3, 0.4) is 0 Å². The standard InChI is InChI=1S/C15H18BrN3O3/c16-12-6-4-5-11(9-12)15-19-18-13(22-15)10-17-8-3-1-2-7-14(20)21/h4-6,9,17H,1-3,7-8,10H2,(H,20,21). The molecule has 118 valence electrons.